The number of amides is 1. The van der Waals surface area contributed by atoms with Gasteiger partial charge in [-0.05, 0) is 56.4 Å². The van der Waals surface area contributed by atoms with Crippen LogP contribution in [0.15, 0.2) is 42.7 Å². The van der Waals surface area contributed by atoms with E-state index in [0.717, 1.165) is 37.5 Å². The highest BCUT2D eigenvalue weighted by Crippen LogP contribution is 2.44. The Labute approximate surface area is 187 Å². The highest BCUT2D eigenvalue weighted by atomic mass is 35.5. The first kappa shape index (κ1) is 20.5. The molecular weight excluding hydrogens is 410 g/mol. The molecule has 2 aromatic heterocycles. The van der Waals surface area contributed by atoms with Crippen molar-refractivity contribution in [1.82, 2.24) is 24.8 Å². The number of rotatable bonds is 5. The number of carbonyl (C=O) groups is 1. The molecule has 1 aliphatic carbocycles. The molecule has 0 unspecified atom stereocenters. The summed E-state index contributed by atoms with van der Waals surface area (Å²) in [6.45, 7) is 4.96. The molecule has 7 heteroatoms. The van der Waals surface area contributed by atoms with Crippen LogP contribution in [-0.2, 0) is 5.41 Å². The van der Waals surface area contributed by atoms with Gasteiger partial charge in [-0.1, -0.05) is 30.2 Å². The zero-order valence-electron chi connectivity index (χ0n) is 17.9. The third kappa shape index (κ3) is 3.94. The Morgan fingerprint density at radius 2 is 1.97 bits per heavy atom. The molecule has 0 bridgehead atoms. The molecule has 1 saturated heterocycles. The molecule has 1 aliphatic heterocycles. The van der Waals surface area contributed by atoms with Crippen molar-refractivity contribution >= 4 is 23.2 Å². The fourth-order valence-corrected chi connectivity index (χ4v) is 5.25. The number of likely N-dealkylation sites (tertiary alicyclic amines) is 1. The maximum atomic E-state index is 13.0. The van der Waals surface area contributed by atoms with E-state index in [1.807, 2.05) is 31.3 Å². The standard InChI is InChI=1S/C24H28ClN5O/c1-17-21(22-26-12-3-13-30(22)28-17)23(31)27-20-8-14-29(15-9-20)16-24(10-2-11-24)18-4-6-19(25)7-5-18/h3-7,12-13,20H,2,8-11,14-16H2,1H3,(H,27,31). The maximum absolute atomic E-state index is 13.0. The molecule has 0 radical (unpaired) electrons. The SMILES string of the molecule is Cc1nn2cccnc2c1C(=O)NC1CCN(CC2(c3ccc(Cl)cc3)CCC2)CC1. The normalized spacial score (nSPS) is 19.3. The van der Waals surface area contributed by atoms with Crippen LogP contribution in [0.1, 0.15) is 53.7 Å². The predicted molar refractivity (Wildman–Crippen MR) is 122 cm³/mol. The number of benzene rings is 1. The Balaban J connectivity index is 1.20. The minimum atomic E-state index is -0.0683. The van der Waals surface area contributed by atoms with Crippen LogP contribution in [0.25, 0.3) is 5.65 Å². The molecular formula is C24H28ClN5O. The fraction of sp³-hybridized carbons (Fsp3) is 0.458. The third-order valence-corrected chi connectivity index (χ3v) is 7.27. The largest absolute Gasteiger partial charge is 0.349 e. The molecule has 0 spiro atoms. The van der Waals surface area contributed by atoms with Crippen molar-refractivity contribution < 1.29 is 4.79 Å². The van der Waals surface area contributed by atoms with Crippen LogP contribution in [0.5, 0.6) is 0 Å². The Bertz CT molecular complexity index is 1080. The number of nitrogens with one attached hydrogen (secondary N) is 1. The van der Waals surface area contributed by atoms with Crippen LogP contribution < -0.4 is 5.32 Å². The first-order chi connectivity index (χ1) is 15.0. The van der Waals surface area contributed by atoms with Gasteiger partial charge in [-0.2, -0.15) is 5.10 Å². The second-order valence-electron chi connectivity index (χ2n) is 9.01. The summed E-state index contributed by atoms with van der Waals surface area (Å²) in [7, 11) is 0. The highest BCUT2D eigenvalue weighted by Gasteiger charge is 2.40. The van der Waals surface area contributed by atoms with Crippen LogP contribution in [0.3, 0.4) is 0 Å². The number of piperidine rings is 1. The van der Waals surface area contributed by atoms with E-state index in [9.17, 15) is 4.79 Å². The van der Waals surface area contributed by atoms with Crippen molar-refractivity contribution in [2.45, 2.75) is 50.5 Å². The summed E-state index contributed by atoms with van der Waals surface area (Å²) >= 11 is 6.10. The Kier molecular flexibility index (Phi) is 5.44. The number of fused-ring (bicyclic) bond motifs is 1. The van der Waals surface area contributed by atoms with Crippen LogP contribution >= 0.6 is 11.6 Å². The number of hydrogen-bond donors (Lipinski definition) is 1. The Morgan fingerprint density at radius 3 is 2.65 bits per heavy atom. The molecule has 3 aromatic rings. The van der Waals surface area contributed by atoms with Gasteiger partial charge < -0.3 is 10.2 Å². The second-order valence-corrected chi connectivity index (χ2v) is 9.45. The van der Waals surface area contributed by atoms with Gasteiger partial charge in [-0.3, -0.25) is 4.79 Å². The highest BCUT2D eigenvalue weighted by molar-refractivity contribution is 6.30. The summed E-state index contributed by atoms with van der Waals surface area (Å²) in [5.74, 6) is -0.0683. The number of nitrogens with zero attached hydrogens (tertiary/aromatic N) is 4. The van der Waals surface area contributed by atoms with Crippen molar-refractivity contribution in [3.8, 4) is 0 Å². The summed E-state index contributed by atoms with van der Waals surface area (Å²) in [6, 6.07) is 10.4. The lowest BCUT2D eigenvalue weighted by Crippen LogP contribution is -2.51. The minimum absolute atomic E-state index is 0.0683. The summed E-state index contributed by atoms with van der Waals surface area (Å²) in [5.41, 5.74) is 3.59. The number of aromatic nitrogens is 3. The molecule has 162 valence electrons. The molecule has 3 heterocycles. The van der Waals surface area contributed by atoms with Crippen LogP contribution in [0.4, 0.5) is 0 Å². The monoisotopic (exact) mass is 437 g/mol. The molecule has 31 heavy (non-hydrogen) atoms. The minimum Gasteiger partial charge on any atom is -0.349 e. The zero-order valence-corrected chi connectivity index (χ0v) is 18.6. The smallest absolute Gasteiger partial charge is 0.257 e. The van der Waals surface area contributed by atoms with Crippen molar-refractivity contribution in [3.05, 3.63) is 64.6 Å². The van der Waals surface area contributed by atoms with Crippen molar-refractivity contribution in [2.24, 2.45) is 0 Å². The summed E-state index contributed by atoms with van der Waals surface area (Å²) in [4.78, 5) is 19.9. The molecule has 6 nitrogen and oxygen atoms in total. The van der Waals surface area contributed by atoms with E-state index in [4.69, 9.17) is 11.6 Å². The molecule has 1 amide bonds. The number of aryl methyl sites for hydroxylation is 1. The molecule has 1 N–H and O–H groups in total. The van der Waals surface area contributed by atoms with Gasteiger partial charge in [0, 0.05) is 48.5 Å². The topological polar surface area (TPSA) is 62.5 Å². The summed E-state index contributed by atoms with van der Waals surface area (Å²) < 4.78 is 1.67. The van der Waals surface area contributed by atoms with Crippen molar-refractivity contribution in [2.75, 3.05) is 19.6 Å². The van der Waals surface area contributed by atoms with Crippen molar-refractivity contribution in [1.29, 1.82) is 0 Å². The first-order valence-corrected chi connectivity index (χ1v) is 11.5. The van der Waals surface area contributed by atoms with Gasteiger partial charge in [0.2, 0.25) is 0 Å². The summed E-state index contributed by atoms with van der Waals surface area (Å²) in [5, 5.41) is 8.43. The van der Waals surface area contributed by atoms with Gasteiger partial charge in [-0.15, -0.1) is 0 Å². The molecule has 0 atom stereocenters. The maximum Gasteiger partial charge on any atom is 0.257 e. The molecule has 1 aromatic carbocycles. The van der Waals surface area contributed by atoms with Gasteiger partial charge in [0.15, 0.2) is 5.65 Å². The molecule has 2 fully saturated rings. The van der Waals surface area contributed by atoms with Crippen LogP contribution in [-0.4, -0.2) is 51.1 Å². The van der Waals surface area contributed by atoms with E-state index in [1.54, 1.807) is 10.7 Å². The number of halogens is 1. The number of carbonyl (C=O) groups excluding carboxylic acids is 1. The molecule has 1 saturated carbocycles. The van der Waals surface area contributed by atoms with E-state index < -0.39 is 0 Å². The van der Waals surface area contributed by atoms with Gasteiger partial charge in [-0.25, -0.2) is 9.50 Å². The second kappa shape index (κ2) is 8.24. The number of hydrogen-bond acceptors (Lipinski definition) is 4. The Morgan fingerprint density at radius 1 is 1.23 bits per heavy atom. The van der Waals surface area contributed by atoms with Crippen LogP contribution in [0.2, 0.25) is 5.02 Å². The molecule has 2 aliphatic rings. The summed E-state index contributed by atoms with van der Waals surface area (Å²) in [6.07, 6.45) is 9.23. The third-order valence-electron chi connectivity index (χ3n) is 7.01. The van der Waals surface area contributed by atoms with E-state index in [2.05, 4.69) is 32.4 Å². The van der Waals surface area contributed by atoms with E-state index in [0.29, 0.717) is 16.9 Å². The molecule has 5 rings (SSSR count). The van der Waals surface area contributed by atoms with Gasteiger partial charge in [0.1, 0.15) is 5.56 Å². The van der Waals surface area contributed by atoms with E-state index >= 15 is 0 Å². The Hall–Kier alpha value is -2.44. The zero-order chi connectivity index (χ0) is 21.4. The van der Waals surface area contributed by atoms with Crippen molar-refractivity contribution in [3.63, 3.8) is 0 Å². The first-order valence-electron chi connectivity index (χ1n) is 11.1. The van der Waals surface area contributed by atoms with E-state index in [1.165, 1.54) is 24.8 Å². The lowest BCUT2D eigenvalue weighted by atomic mass is 9.64. The quantitative estimate of drug-likeness (QED) is 0.655. The average Bonchev–Trinajstić information content (AvgIpc) is 3.08. The van der Waals surface area contributed by atoms with Crippen LogP contribution in [0, 0.1) is 6.92 Å². The van der Waals surface area contributed by atoms with Gasteiger partial charge >= 0.3 is 0 Å². The fourth-order valence-electron chi connectivity index (χ4n) is 5.13. The average molecular weight is 438 g/mol. The lowest BCUT2D eigenvalue weighted by molar-refractivity contribution is 0.0870. The van der Waals surface area contributed by atoms with Gasteiger partial charge in [0.25, 0.3) is 5.91 Å². The van der Waals surface area contributed by atoms with E-state index in [-0.39, 0.29) is 17.4 Å². The lowest BCUT2D eigenvalue weighted by Gasteiger charge is -2.47. The predicted octanol–water partition coefficient (Wildman–Crippen LogP) is 4.01. The van der Waals surface area contributed by atoms with Gasteiger partial charge in [0.05, 0.1) is 5.69 Å².